The van der Waals surface area contributed by atoms with E-state index in [0.717, 1.165) is 12.8 Å². The summed E-state index contributed by atoms with van der Waals surface area (Å²) >= 11 is 0. The fraction of sp³-hybridized carbons (Fsp3) is 0.368. The molecule has 0 radical (unpaired) electrons. The Kier molecular flexibility index (Phi) is 4.88. The van der Waals surface area contributed by atoms with E-state index in [4.69, 9.17) is 5.73 Å². The van der Waals surface area contributed by atoms with Crippen molar-refractivity contribution in [3.05, 3.63) is 71.3 Å². The van der Waals surface area contributed by atoms with E-state index in [-0.39, 0.29) is 6.04 Å². The van der Waals surface area contributed by atoms with Crippen molar-refractivity contribution in [1.29, 1.82) is 0 Å². The molecule has 3 heteroatoms. The topological polar surface area (TPSA) is 58.3 Å². The van der Waals surface area contributed by atoms with E-state index >= 15 is 0 Å². The van der Waals surface area contributed by atoms with Gasteiger partial charge in [0.2, 0.25) is 0 Å². The third kappa shape index (κ3) is 3.55. The molecule has 0 heterocycles. The summed E-state index contributed by atoms with van der Waals surface area (Å²) in [4.78, 5) is 0. The molecular weight excluding hydrogens is 272 g/mol. The van der Waals surface area contributed by atoms with Crippen LogP contribution in [-0.2, 0) is 12.8 Å². The van der Waals surface area contributed by atoms with Crippen LogP contribution in [0, 0.1) is 0 Å². The van der Waals surface area contributed by atoms with Crippen molar-refractivity contribution in [2.75, 3.05) is 6.54 Å². The summed E-state index contributed by atoms with van der Waals surface area (Å²) in [5.74, 6) is 0. The lowest BCUT2D eigenvalue weighted by molar-refractivity contribution is 0.138. The van der Waals surface area contributed by atoms with Crippen LogP contribution in [0.1, 0.15) is 29.2 Å². The number of aliphatic hydroxyl groups is 1. The zero-order valence-corrected chi connectivity index (χ0v) is 12.8. The van der Waals surface area contributed by atoms with Gasteiger partial charge in [-0.25, -0.2) is 0 Å². The Labute approximate surface area is 132 Å². The number of hydrogen-bond acceptors (Lipinski definition) is 3. The van der Waals surface area contributed by atoms with Crippen LogP contribution in [0.5, 0.6) is 0 Å². The van der Waals surface area contributed by atoms with Crippen molar-refractivity contribution < 1.29 is 5.11 Å². The third-order valence-corrected chi connectivity index (χ3v) is 4.51. The minimum absolute atomic E-state index is 0.244. The van der Waals surface area contributed by atoms with Gasteiger partial charge in [0.15, 0.2) is 0 Å². The minimum Gasteiger partial charge on any atom is -0.390 e. The maximum Gasteiger partial charge on any atom is 0.0818 e. The van der Waals surface area contributed by atoms with Gasteiger partial charge in [-0.3, -0.25) is 0 Å². The van der Waals surface area contributed by atoms with E-state index in [0.29, 0.717) is 19.0 Å². The number of aliphatic hydroxyl groups excluding tert-OH is 1. The van der Waals surface area contributed by atoms with Gasteiger partial charge in [0.05, 0.1) is 6.10 Å². The van der Waals surface area contributed by atoms with Gasteiger partial charge in [0.25, 0.3) is 0 Å². The second kappa shape index (κ2) is 7.05. The zero-order chi connectivity index (χ0) is 15.4. The van der Waals surface area contributed by atoms with E-state index in [1.807, 2.05) is 30.3 Å². The molecule has 116 valence electrons. The van der Waals surface area contributed by atoms with E-state index < -0.39 is 6.10 Å². The van der Waals surface area contributed by atoms with Crippen molar-refractivity contribution in [2.24, 2.45) is 5.73 Å². The Morgan fingerprint density at radius 1 is 1.09 bits per heavy atom. The molecule has 0 fully saturated rings. The predicted molar refractivity (Wildman–Crippen MR) is 89.6 cm³/mol. The van der Waals surface area contributed by atoms with Gasteiger partial charge in [0.1, 0.15) is 0 Å². The van der Waals surface area contributed by atoms with Crippen LogP contribution >= 0.6 is 0 Å². The Bertz CT molecular complexity index is 599. The first-order chi connectivity index (χ1) is 10.7. The van der Waals surface area contributed by atoms with Crippen molar-refractivity contribution in [2.45, 2.75) is 37.5 Å². The first-order valence-electron chi connectivity index (χ1n) is 8.03. The second-order valence-corrected chi connectivity index (χ2v) is 6.12. The first-order valence-corrected chi connectivity index (χ1v) is 8.03. The molecular formula is C19H24N2O. The van der Waals surface area contributed by atoms with Crippen LogP contribution in [0.2, 0.25) is 0 Å². The Morgan fingerprint density at radius 3 is 2.64 bits per heavy atom. The number of hydrogen-bond donors (Lipinski definition) is 3. The average molecular weight is 296 g/mol. The molecule has 1 aliphatic carbocycles. The molecule has 4 N–H and O–H groups in total. The number of rotatable bonds is 6. The molecule has 0 saturated heterocycles. The highest BCUT2D eigenvalue weighted by molar-refractivity contribution is 5.34. The SMILES string of the molecule is NC(Cc1ccccc1)[C@@H](O)CNC1CCc2ccccc21. The highest BCUT2D eigenvalue weighted by Gasteiger charge is 2.23. The normalized spacial score (nSPS) is 19.6. The van der Waals surface area contributed by atoms with Crippen LogP contribution in [0.4, 0.5) is 0 Å². The molecule has 0 bridgehead atoms. The summed E-state index contributed by atoms with van der Waals surface area (Å²) < 4.78 is 0. The van der Waals surface area contributed by atoms with Gasteiger partial charge in [-0.15, -0.1) is 0 Å². The fourth-order valence-corrected chi connectivity index (χ4v) is 3.21. The van der Waals surface area contributed by atoms with Crippen LogP contribution in [0.3, 0.4) is 0 Å². The van der Waals surface area contributed by atoms with Crippen LogP contribution < -0.4 is 11.1 Å². The maximum absolute atomic E-state index is 10.3. The van der Waals surface area contributed by atoms with Crippen LogP contribution in [0.25, 0.3) is 0 Å². The molecule has 2 aromatic carbocycles. The number of aryl methyl sites for hydroxylation is 1. The number of nitrogens with one attached hydrogen (secondary N) is 1. The van der Waals surface area contributed by atoms with Gasteiger partial charge in [-0.2, -0.15) is 0 Å². The molecule has 0 spiro atoms. The van der Waals surface area contributed by atoms with Crippen molar-refractivity contribution in [3.8, 4) is 0 Å². The van der Waals surface area contributed by atoms with E-state index in [1.54, 1.807) is 0 Å². The van der Waals surface area contributed by atoms with Crippen molar-refractivity contribution >= 4 is 0 Å². The number of benzene rings is 2. The smallest absolute Gasteiger partial charge is 0.0818 e. The monoisotopic (exact) mass is 296 g/mol. The van der Waals surface area contributed by atoms with Gasteiger partial charge >= 0.3 is 0 Å². The lowest BCUT2D eigenvalue weighted by atomic mass is 10.0. The van der Waals surface area contributed by atoms with Gasteiger partial charge in [-0.05, 0) is 36.0 Å². The molecule has 1 aliphatic rings. The number of nitrogens with two attached hydrogens (primary N) is 1. The fourth-order valence-electron chi connectivity index (χ4n) is 3.21. The highest BCUT2D eigenvalue weighted by Crippen LogP contribution is 2.30. The summed E-state index contributed by atoms with van der Waals surface area (Å²) in [6, 6.07) is 18.7. The lowest BCUT2D eigenvalue weighted by Crippen LogP contribution is -2.43. The zero-order valence-electron chi connectivity index (χ0n) is 12.8. The van der Waals surface area contributed by atoms with Crippen LogP contribution in [-0.4, -0.2) is 23.8 Å². The maximum atomic E-state index is 10.3. The Balaban J connectivity index is 1.51. The summed E-state index contributed by atoms with van der Waals surface area (Å²) in [5, 5.41) is 13.8. The molecule has 0 aromatic heterocycles. The Morgan fingerprint density at radius 2 is 1.82 bits per heavy atom. The molecule has 22 heavy (non-hydrogen) atoms. The number of fused-ring (bicyclic) bond motifs is 1. The van der Waals surface area contributed by atoms with E-state index in [9.17, 15) is 5.11 Å². The summed E-state index contributed by atoms with van der Waals surface area (Å²) in [7, 11) is 0. The van der Waals surface area contributed by atoms with Crippen molar-refractivity contribution in [3.63, 3.8) is 0 Å². The summed E-state index contributed by atoms with van der Waals surface area (Å²) in [5.41, 5.74) is 10.1. The molecule has 3 nitrogen and oxygen atoms in total. The highest BCUT2D eigenvalue weighted by atomic mass is 16.3. The summed E-state index contributed by atoms with van der Waals surface area (Å²) in [6.07, 6.45) is 2.37. The molecule has 0 aliphatic heterocycles. The van der Waals surface area contributed by atoms with Crippen molar-refractivity contribution in [1.82, 2.24) is 5.32 Å². The van der Waals surface area contributed by atoms with Gasteiger partial charge in [0, 0.05) is 18.6 Å². The van der Waals surface area contributed by atoms with E-state index in [2.05, 4.69) is 29.6 Å². The largest absolute Gasteiger partial charge is 0.390 e. The standard InChI is InChI=1S/C19H24N2O/c20-17(12-14-6-2-1-3-7-14)19(22)13-21-18-11-10-15-8-4-5-9-16(15)18/h1-9,17-19,21-22H,10-13,20H2/t17?,18?,19-/m0/s1. The van der Waals surface area contributed by atoms with Gasteiger partial charge in [-0.1, -0.05) is 54.6 Å². The average Bonchev–Trinajstić information content (AvgIpc) is 2.97. The van der Waals surface area contributed by atoms with Crippen LogP contribution in [0.15, 0.2) is 54.6 Å². The Hall–Kier alpha value is -1.68. The molecule has 2 aromatic rings. The molecule has 0 saturated carbocycles. The quantitative estimate of drug-likeness (QED) is 0.766. The predicted octanol–water partition coefficient (Wildman–Crippen LogP) is 2.19. The molecule has 0 amide bonds. The molecule has 3 atom stereocenters. The molecule has 2 unspecified atom stereocenters. The van der Waals surface area contributed by atoms with Gasteiger partial charge < -0.3 is 16.2 Å². The third-order valence-electron chi connectivity index (χ3n) is 4.51. The first kappa shape index (κ1) is 15.2. The minimum atomic E-state index is -0.534. The molecule has 3 rings (SSSR count). The van der Waals surface area contributed by atoms with E-state index in [1.165, 1.54) is 16.7 Å². The lowest BCUT2D eigenvalue weighted by Gasteiger charge is -2.22. The second-order valence-electron chi connectivity index (χ2n) is 6.12. The summed E-state index contributed by atoms with van der Waals surface area (Å²) in [6.45, 7) is 0.535.